The minimum absolute atomic E-state index is 0.750. The number of aldehydes is 1. The first-order chi connectivity index (χ1) is 11.3. The summed E-state index contributed by atoms with van der Waals surface area (Å²) in [5, 5.41) is 0. The van der Waals surface area contributed by atoms with Crippen molar-refractivity contribution in [3.8, 4) is 0 Å². The molecular weight excluding hydrogens is 294 g/mol. The molecule has 0 saturated heterocycles. The first-order valence-electron chi connectivity index (χ1n) is 9.52. The van der Waals surface area contributed by atoms with Crippen molar-refractivity contribution >= 4 is 12.0 Å². The Bertz CT molecular complexity index is 271. The molecule has 0 aromatic carbocycles. The predicted octanol–water partition coefficient (Wildman–Crippen LogP) is 8.04. The molecule has 0 unspecified atom stereocenters. The maximum Gasteiger partial charge on any atom is 0.116 e. The summed E-state index contributed by atoms with van der Waals surface area (Å²) in [6.45, 7) is 26.3. The van der Waals surface area contributed by atoms with Crippen molar-refractivity contribution in [2.24, 2.45) is 10.9 Å². The van der Waals surface area contributed by atoms with E-state index in [0.717, 1.165) is 36.5 Å². The maximum atomic E-state index is 8.81. The average Bonchev–Trinajstić information content (AvgIpc) is 2.50. The molecule has 146 valence electrons. The number of nitrogens with zero attached hydrogens (tertiary/aromatic N) is 1. The SMILES string of the molecule is C=C(CCC)N=C(C)/C=C\C.CC.CC(C)C.CC=O.CCCC. The van der Waals surface area contributed by atoms with E-state index in [1.807, 2.05) is 39.8 Å². The lowest BCUT2D eigenvalue weighted by atomic mass is 10.3. The molecule has 0 aromatic rings. The summed E-state index contributed by atoms with van der Waals surface area (Å²) in [6.07, 6.45) is 9.47. The molecule has 2 heteroatoms. The Morgan fingerprint density at radius 2 is 1.33 bits per heavy atom. The zero-order chi connectivity index (χ0) is 20.4. The largest absolute Gasteiger partial charge is 0.304 e. The van der Waals surface area contributed by atoms with Gasteiger partial charge in [-0.3, -0.25) is 4.99 Å². The molecule has 0 aliphatic rings. The van der Waals surface area contributed by atoms with Crippen LogP contribution in [0.3, 0.4) is 0 Å². The second-order valence-corrected chi connectivity index (χ2v) is 5.54. The van der Waals surface area contributed by atoms with Crippen LogP contribution in [0.1, 0.15) is 102 Å². The third-order valence-corrected chi connectivity index (χ3v) is 1.78. The van der Waals surface area contributed by atoms with Gasteiger partial charge < -0.3 is 4.79 Å². The van der Waals surface area contributed by atoms with Crippen molar-refractivity contribution in [1.82, 2.24) is 0 Å². The van der Waals surface area contributed by atoms with Gasteiger partial charge in [0.15, 0.2) is 0 Å². The van der Waals surface area contributed by atoms with Crippen molar-refractivity contribution in [1.29, 1.82) is 0 Å². The van der Waals surface area contributed by atoms with Gasteiger partial charge in [0.2, 0.25) is 0 Å². The highest BCUT2D eigenvalue weighted by molar-refractivity contribution is 5.93. The number of hydrogen-bond donors (Lipinski definition) is 0. The Labute approximate surface area is 154 Å². The number of aliphatic imine (C=N–C) groups is 1. The van der Waals surface area contributed by atoms with Crippen LogP contribution in [0.4, 0.5) is 0 Å². The van der Waals surface area contributed by atoms with Crippen LogP contribution in [0.2, 0.25) is 0 Å². The lowest BCUT2D eigenvalue weighted by molar-refractivity contribution is -0.106. The summed E-state index contributed by atoms with van der Waals surface area (Å²) in [5.41, 5.74) is 2.01. The Morgan fingerprint density at radius 1 is 1.00 bits per heavy atom. The quantitative estimate of drug-likeness (QED) is 0.367. The number of unbranched alkanes of at least 4 members (excludes halogenated alkanes) is 1. The highest BCUT2D eigenvalue weighted by Gasteiger charge is 1.88. The van der Waals surface area contributed by atoms with E-state index >= 15 is 0 Å². The minimum Gasteiger partial charge on any atom is -0.304 e. The predicted molar refractivity (Wildman–Crippen MR) is 116 cm³/mol. The summed E-state index contributed by atoms with van der Waals surface area (Å²) in [7, 11) is 0. The van der Waals surface area contributed by atoms with Crippen LogP contribution in [0.5, 0.6) is 0 Å². The van der Waals surface area contributed by atoms with Crippen LogP contribution in [0, 0.1) is 5.92 Å². The third kappa shape index (κ3) is 84.8. The molecule has 0 radical (unpaired) electrons. The molecule has 0 heterocycles. The standard InChI is InChI=1S/C10H17N.2C4H10.C2H4O.C2H6/c1-5-7-9(3)11-10(4)8-6-2;1-4(2)3;1-3-4-2;1-2-3;1-2/h6,8H,3,5,7H2,1-2,4H3;4H,1-3H3;3-4H2,1-2H3;2H,1H3;1-2H3/b8-6-,11-10?;;;;. The van der Waals surface area contributed by atoms with Gasteiger partial charge in [-0.05, 0) is 39.2 Å². The van der Waals surface area contributed by atoms with E-state index < -0.39 is 0 Å². The fraction of sp³-hybridized carbons (Fsp3) is 0.727. The Balaban J connectivity index is -0.0000000766. The normalized spacial score (nSPS) is 9.25. The molecule has 0 aliphatic carbocycles. The van der Waals surface area contributed by atoms with Gasteiger partial charge >= 0.3 is 0 Å². The minimum atomic E-state index is 0.750. The van der Waals surface area contributed by atoms with Crippen molar-refractivity contribution in [2.75, 3.05) is 0 Å². The molecule has 0 rings (SSSR count). The van der Waals surface area contributed by atoms with Crippen LogP contribution < -0.4 is 0 Å². The summed E-state index contributed by atoms with van der Waals surface area (Å²) in [5.74, 6) is 0.833. The number of rotatable bonds is 5. The number of allylic oxidation sites excluding steroid dienone is 3. The van der Waals surface area contributed by atoms with E-state index in [9.17, 15) is 0 Å². The second-order valence-electron chi connectivity index (χ2n) is 5.54. The van der Waals surface area contributed by atoms with Crippen LogP contribution in [0.15, 0.2) is 29.4 Å². The van der Waals surface area contributed by atoms with Crippen LogP contribution in [-0.4, -0.2) is 12.0 Å². The summed E-state index contributed by atoms with van der Waals surface area (Å²) in [6, 6.07) is 0. The Morgan fingerprint density at radius 3 is 1.54 bits per heavy atom. The van der Waals surface area contributed by atoms with E-state index in [1.165, 1.54) is 19.8 Å². The summed E-state index contributed by atoms with van der Waals surface area (Å²) >= 11 is 0. The molecule has 0 fully saturated rings. The van der Waals surface area contributed by atoms with E-state index in [-0.39, 0.29) is 0 Å². The van der Waals surface area contributed by atoms with Gasteiger partial charge in [-0.2, -0.15) is 0 Å². The topological polar surface area (TPSA) is 29.4 Å². The molecule has 0 aromatic heterocycles. The lowest BCUT2D eigenvalue weighted by Gasteiger charge is -1.96. The van der Waals surface area contributed by atoms with E-state index in [4.69, 9.17) is 4.79 Å². The molecular formula is C22H47NO. The van der Waals surface area contributed by atoms with Gasteiger partial charge in [0.1, 0.15) is 6.29 Å². The number of carbonyl (C=O) groups is 1. The summed E-state index contributed by atoms with van der Waals surface area (Å²) < 4.78 is 0. The number of carbonyl (C=O) groups excluding carboxylic acids is 1. The Kier molecular flexibility index (Phi) is 53.9. The molecule has 24 heavy (non-hydrogen) atoms. The van der Waals surface area contributed by atoms with Crippen molar-refractivity contribution in [2.45, 2.75) is 102 Å². The zero-order valence-electron chi connectivity index (χ0n) is 18.7. The van der Waals surface area contributed by atoms with E-state index in [0.29, 0.717) is 0 Å². The van der Waals surface area contributed by atoms with E-state index in [1.54, 1.807) is 0 Å². The zero-order valence-corrected chi connectivity index (χ0v) is 18.7. The van der Waals surface area contributed by atoms with Crippen LogP contribution in [-0.2, 0) is 4.79 Å². The smallest absolute Gasteiger partial charge is 0.116 e. The van der Waals surface area contributed by atoms with Gasteiger partial charge in [-0.25, -0.2) is 0 Å². The third-order valence-electron chi connectivity index (χ3n) is 1.78. The fourth-order valence-electron chi connectivity index (χ4n) is 0.872. The van der Waals surface area contributed by atoms with Gasteiger partial charge in [-0.15, -0.1) is 0 Å². The lowest BCUT2D eigenvalue weighted by Crippen LogP contribution is -1.85. The first-order valence-corrected chi connectivity index (χ1v) is 9.52. The van der Waals surface area contributed by atoms with Crippen molar-refractivity contribution in [3.63, 3.8) is 0 Å². The second kappa shape index (κ2) is 37.8. The van der Waals surface area contributed by atoms with Crippen LogP contribution >= 0.6 is 0 Å². The fourth-order valence-corrected chi connectivity index (χ4v) is 0.872. The highest BCUT2D eigenvalue weighted by Crippen LogP contribution is 2.03. The molecule has 0 spiro atoms. The van der Waals surface area contributed by atoms with Gasteiger partial charge in [0.05, 0.1) is 0 Å². The number of hydrogen-bond acceptors (Lipinski definition) is 2. The molecule has 0 bridgehead atoms. The maximum absolute atomic E-state index is 8.81. The van der Waals surface area contributed by atoms with Gasteiger partial charge in [0, 0.05) is 11.4 Å². The van der Waals surface area contributed by atoms with Gasteiger partial charge in [0.25, 0.3) is 0 Å². The first kappa shape index (κ1) is 34.2. The van der Waals surface area contributed by atoms with Crippen LogP contribution in [0.25, 0.3) is 0 Å². The molecule has 0 N–H and O–H groups in total. The van der Waals surface area contributed by atoms with Crippen molar-refractivity contribution in [3.05, 3.63) is 24.4 Å². The molecule has 2 nitrogen and oxygen atoms in total. The average molecular weight is 342 g/mol. The monoisotopic (exact) mass is 341 g/mol. The molecule has 0 saturated carbocycles. The molecule has 0 amide bonds. The van der Waals surface area contributed by atoms with E-state index in [2.05, 4.69) is 53.1 Å². The Hall–Kier alpha value is -1.18. The molecule has 0 atom stereocenters. The summed E-state index contributed by atoms with van der Waals surface area (Å²) in [4.78, 5) is 13.1. The molecule has 0 aliphatic heterocycles. The highest BCUT2D eigenvalue weighted by atomic mass is 16.1. The van der Waals surface area contributed by atoms with Gasteiger partial charge in [-0.1, -0.05) is 87.3 Å². The van der Waals surface area contributed by atoms with Crippen molar-refractivity contribution < 1.29 is 4.79 Å².